The molecule has 0 atom stereocenters. The van der Waals surface area contributed by atoms with Crippen LogP contribution >= 0.6 is 0 Å². The molecule has 0 radical (unpaired) electrons. The molecule has 3 heteroatoms. The van der Waals surface area contributed by atoms with Crippen LogP contribution < -0.4 is 0 Å². The Kier molecular flexibility index (Phi) is 2.20. The lowest BCUT2D eigenvalue weighted by Crippen LogP contribution is -2.45. The van der Waals surface area contributed by atoms with Gasteiger partial charge in [-0.1, -0.05) is 6.58 Å². The molecule has 1 rings (SSSR count). The SMILES string of the molecule is C=C1N(C)C(=O)C=CN1C(C)(C)C. The van der Waals surface area contributed by atoms with E-state index in [1.54, 1.807) is 24.2 Å². The van der Waals surface area contributed by atoms with Crippen molar-refractivity contribution in [2.24, 2.45) is 0 Å². The van der Waals surface area contributed by atoms with Crippen LogP contribution in [-0.2, 0) is 4.79 Å². The molecule has 0 unspecified atom stereocenters. The molecule has 0 aliphatic carbocycles. The lowest BCUT2D eigenvalue weighted by atomic mass is 10.1. The van der Waals surface area contributed by atoms with Gasteiger partial charge in [-0.3, -0.25) is 9.69 Å². The summed E-state index contributed by atoms with van der Waals surface area (Å²) in [6.07, 6.45) is 3.34. The molecule has 0 bridgehead atoms. The minimum absolute atomic E-state index is 0.0227. The molecule has 0 aromatic heterocycles. The zero-order valence-electron chi connectivity index (χ0n) is 8.66. The molecule has 1 heterocycles. The van der Waals surface area contributed by atoms with E-state index < -0.39 is 0 Å². The summed E-state index contributed by atoms with van der Waals surface area (Å²) >= 11 is 0. The highest BCUT2D eigenvalue weighted by Gasteiger charge is 2.27. The van der Waals surface area contributed by atoms with Crippen molar-refractivity contribution in [1.29, 1.82) is 0 Å². The summed E-state index contributed by atoms with van der Waals surface area (Å²) in [4.78, 5) is 14.8. The van der Waals surface area contributed by atoms with Gasteiger partial charge in [0.15, 0.2) is 0 Å². The Balaban J connectivity index is 2.98. The van der Waals surface area contributed by atoms with Crippen LogP contribution in [-0.4, -0.2) is 28.3 Å². The fourth-order valence-electron chi connectivity index (χ4n) is 1.24. The molecule has 0 saturated carbocycles. The van der Waals surface area contributed by atoms with E-state index in [4.69, 9.17) is 0 Å². The number of hydrogen-bond donors (Lipinski definition) is 0. The summed E-state index contributed by atoms with van der Waals surface area (Å²) in [5, 5.41) is 0. The fourth-order valence-corrected chi connectivity index (χ4v) is 1.24. The van der Waals surface area contributed by atoms with Crippen LogP contribution in [0.2, 0.25) is 0 Å². The zero-order chi connectivity index (χ0) is 10.2. The van der Waals surface area contributed by atoms with Crippen LogP contribution in [0.15, 0.2) is 24.7 Å². The number of amides is 1. The maximum atomic E-state index is 11.2. The van der Waals surface area contributed by atoms with Crippen molar-refractivity contribution in [3.63, 3.8) is 0 Å². The zero-order valence-corrected chi connectivity index (χ0v) is 8.66. The number of hydrogen-bond acceptors (Lipinski definition) is 2. The monoisotopic (exact) mass is 180 g/mol. The van der Waals surface area contributed by atoms with Crippen LogP contribution in [0.4, 0.5) is 0 Å². The van der Waals surface area contributed by atoms with Gasteiger partial charge in [-0.2, -0.15) is 0 Å². The predicted molar refractivity (Wildman–Crippen MR) is 52.6 cm³/mol. The van der Waals surface area contributed by atoms with Gasteiger partial charge >= 0.3 is 0 Å². The summed E-state index contributed by atoms with van der Waals surface area (Å²) in [6, 6.07) is 0. The number of carbonyl (C=O) groups is 1. The average molecular weight is 180 g/mol. The molecule has 72 valence electrons. The van der Waals surface area contributed by atoms with E-state index in [0.29, 0.717) is 0 Å². The standard InChI is InChI=1S/C10H16N2O/c1-8-11(5)9(13)6-7-12(8)10(2,3)4/h6-7H,1H2,2-5H3. The van der Waals surface area contributed by atoms with E-state index in [-0.39, 0.29) is 11.4 Å². The molecule has 13 heavy (non-hydrogen) atoms. The lowest BCUT2D eigenvalue weighted by Gasteiger charge is -2.41. The minimum atomic E-state index is -0.0391. The molecule has 3 nitrogen and oxygen atoms in total. The van der Waals surface area contributed by atoms with E-state index in [9.17, 15) is 4.79 Å². The van der Waals surface area contributed by atoms with Crippen molar-refractivity contribution in [2.45, 2.75) is 26.3 Å². The molecular formula is C10H16N2O. The average Bonchev–Trinajstić information content (AvgIpc) is 1.98. The molecule has 0 saturated heterocycles. The molecule has 1 aliphatic heterocycles. The Morgan fingerprint density at radius 3 is 2.38 bits per heavy atom. The third-order valence-corrected chi connectivity index (χ3v) is 2.08. The maximum Gasteiger partial charge on any atom is 0.253 e. The van der Waals surface area contributed by atoms with Crippen molar-refractivity contribution < 1.29 is 4.79 Å². The molecule has 0 aromatic carbocycles. The summed E-state index contributed by atoms with van der Waals surface area (Å²) in [6.45, 7) is 10.1. The van der Waals surface area contributed by atoms with Crippen LogP contribution in [0.3, 0.4) is 0 Å². The Morgan fingerprint density at radius 1 is 1.38 bits per heavy atom. The van der Waals surface area contributed by atoms with E-state index >= 15 is 0 Å². The highest BCUT2D eigenvalue weighted by molar-refractivity contribution is 5.89. The van der Waals surface area contributed by atoms with Gasteiger partial charge in [-0.15, -0.1) is 0 Å². The molecular weight excluding hydrogens is 164 g/mol. The van der Waals surface area contributed by atoms with Gasteiger partial charge in [0.2, 0.25) is 0 Å². The fraction of sp³-hybridized carbons (Fsp3) is 0.500. The normalized spacial score (nSPS) is 18.5. The van der Waals surface area contributed by atoms with Crippen molar-refractivity contribution in [1.82, 2.24) is 9.80 Å². The first-order valence-electron chi connectivity index (χ1n) is 4.28. The first-order chi connectivity index (χ1) is 5.84. The second-order valence-electron chi connectivity index (χ2n) is 4.17. The lowest BCUT2D eigenvalue weighted by molar-refractivity contribution is -0.125. The van der Waals surface area contributed by atoms with Gasteiger partial charge < -0.3 is 4.90 Å². The van der Waals surface area contributed by atoms with Gasteiger partial charge in [-0.25, -0.2) is 0 Å². The summed E-state index contributed by atoms with van der Waals surface area (Å²) < 4.78 is 0. The van der Waals surface area contributed by atoms with Crippen molar-refractivity contribution >= 4 is 5.91 Å². The van der Waals surface area contributed by atoms with Crippen LogP contribution in [0.5, 0.6) is 0 Å². The largest absolute Gasteiger partial charge is 0.329 e. The maximum absolute atomic E-state index is 11.2. The van der Waals surface area contributed by atoms with Gasteiger partial charge in [0.1, 0.15) is 5.82 Å². The highest BCUT2D eigenvalue weighted by Crippen LogP contribution is 2.23. The van der Waals surface area contributed by atoms with Crippen molar-refractivity contribution in [3.8, 4) is 0 Å². The topological polar surface area (TPSA) is 23.6 Å². The smallest absolute Gasteiger partial charge is 0.253 e. The summed E-state index contributed by atoms with van der Waals surface area (Å²) in [7, 11) is 1.73. The quantitative estimate of drug-likeness (QED) is 0.564. The molecule has 0 fully saturated rings. The van der Waals surface area contributed by atoms with Crippen LogP contribution in [0.25, 0.3) is 0 Å². The molecule has 0 N–H and O–H groups in total. The minimum Gasteiger partial charge on any atom is -0.329 e. The number of likely N-dealkylation sites (N-methyl/N-ethyl adjacent to an activating group) is 1. The number of nitrogens with zero attached hydrogens (tertiary/aromatic N) is 2. The van der Waals surface area contributed by atoms with Crippen LogP contribution in [0.1, 0.15) is 20.8 Å². The Labute approximate surface area is 79.3 Å². The van der Waals surface area contributed by atoms with E-state index in [1.807, 2.05) is 4.90 Å². The molecule has 1 amide bonds. The van der Waals surface area contributed by atoms with Crippen LogP contribution in [0, 0.1) is 0 Å². The summed E-state index contributed by atoms with van der Waals surface area (Å²) in [5.74, 6) is 0.700. The third-order valence-electron chi connectivity index (χ3n) is 2.08. The number of carbonyl (C=O) groups excluding carboxylic acids is 1. The van der Waals surface area contributed by atoms with Crippen molar-refractivity contribution in [3.05, 3.63) is 24.7 Å². The van der Waals surface area contributed by atoms with Crippen molar-refractivity contribution in [2.75, 3.05) is 7.05 Å². The third kappa shape index (κ3) is 1.74. The molecule has 0 spiro atoms. The van der Waals surface area contributed by atoms with Gasteiger partial charge in [0.05, 0.1) is 0 Å². The first kappa shape index (κ1) is 9.84. The summed E-state index contributed by atoms with van der Waals surface area (Å²) in [5.41, 5.74) is -0.0391. The highest BCUT2D eigenvalue weighted by atomic mass is 16.2. The second-order valence-corrected chi connectivity index (χ2v) is 4.17. The van der Waals surface area contributed by atoms with E-state index in [2.05, 4.69) is 27.4 Å². The Bertz CT molecular complexity index is 273. The Morgan fingerprint density at radius 2 is 1.92 bits per heavy atom. The first-order valence-corrected chi connectivity index (χ1v) is 4.28. The predicted octanol–water partition coefficient (Wildman–Crippen LogP) is 1.54. The van der Waals surface area contributed by atoms with Gasteiger partial charge in [-0.05, 0) is 20.8 Å². The molecule has 1 aliphatic rings. The van der Waals surface area contributed by atoms with Gasteiger partial charge in [0, 0.05) is 24.9 Å². The Hall–Kier alpha value is -1.25. The number of rotatable bonds is 0. The molecule has 0 aromatic rings. The van der Waals surface area contributed by atoms with Gasteiger partial charge in [0.25, 0.3) is 5.91 Å². The van der Waals surface area contributed by atoms with E-state index in [1.165, 1.54) is 0 Å². The van der Waals surface area contributed by atoms with E-state index in [0.717, 1.165) is 5.82 Å². The second kappa shape index (κ2) is 2.91.